The summed E-state index contributed by atoms with van der Waals surface area (Å²) in [4.78, 5) is 0. The number of anilines is 1. The number of hydrogen-bond donors (Lipinski definition) is 1. The molecule has 0 bridgehead atoms. The Morgan fingerprint density at radius 2 is 1.82 bits per heavy atom. The fourth-order valence-electron chi connectivity index (χ4n) is 2.67. The van der Waals surface area contributed by atoms with Gasteiger partial charge in [-0.3, -0.25) is 0 Å². The zero-order chi connectivity index (χ0) is 16.2. The number of nitriles is 1. The average molecular weight is 333 g/mol. The second-order valence-corrected chi connectivity index (χ2v) is 6.21. The highest BCUT2D eigenvalue weighted by Crippen LogP contribution is 2.41. The van der Waals surface area contributed by atoms with Crippen LogP contribution in [0.25, 0.3) is 0 Å². The molecule has 114 valence electrons. The molecule has 1 atom stereocenters. The number of halogens is 2. The van der Waals surface area contributed by atoms with E-state index in [1.807, 2.05) is 18.2 Å². The van der Waals surface area contributed by atoms with Gasteiger partial charge in [0.1, 0.15) is 5.41 Å². The summed E-state index contributed by atoms with van der Waals surface area (Å²) >= 11 is 12.4. The maximum atomic E-state index is 10.0. The Morgan fingerprint density at radius 1 is 1.14 bits per heavy atom. The molecule has 0 aliphatic rings. The molecule has 0 heterocycles. The van der Waals surface area contributed by atoms with Crippen molar-refractivity contribution in [3.63, 3.8) is 0 Å². The van der Waals surface area contributed by atoms with E-state index in [9.17, 15) is 5.26 Å². The fraction of sp³-hybridized carbons (Fsp3) is 0.278. The summed E-state index contributed by atoms with van der Waals surface area (Å²) in [6, 6.07) is 15.2. The molecule has 2 nitrogen and oxygen atoms in total. The fourth-order valence-corrected chi connectivity index (χ4v) is 3.15. The molecule has 0 spiro atoms. The molecule has 1 unspecified atom stereocenters. The van der Waals surface area contributed by atoms with E-state index < -0.39 is 5.41 Å². The highest BCUT2D eigenvalue weighted by molar-refractivity contribution is 6.32. The van der Waals surface area contributed by atoms with Crippen LogP contribution >= 0.6 is 23.2 Å². The highest BCUT2D eigenvalue weighted by Gasteiger charge is 2.35. The first kappa shape index (κ1) is 16.7. The van der Waals surface area contributed by atoms with Gasteiger partial charge < -0.3 is 5.73 Å². The lowest BCUT2D eigenvalue weighted by molar-refractivity contribution is 0.555. The van der Waals surface area contributed by atoms with E-state index in [1.54, 1.807) is 24.3 Å². The lowest BCUT2D eigenvalue weighted by Crippen LogP contribution is -2.26. The minimum Gasteiger partial charge on any atom is -0.399 e. The van der Waals surface area contributed by atoms with Gasteiger partial charge in [-0.25, -0.2) is 0 Å². The summed E-state index contributed by atoms with van der Waals surface area (Å²) in [5.74, 6) is 0. The molecule has 22 heavy (non-hydrogen) atoms. The second kappa shape index (κ2) is 7.05. The van der Waals surface area contributed by atoms with E-state index in [0.717, 1.165) is 24.0 Å². The van der Waals surface area contributed by atoms with Crippen molar-refractivity contribution in [1.82, 2.24) is 0 Å². The quantitative estimate of drug-likeness (QED) is 0.727. The van der Waals surface area contributed by atoms with Crippen molar-refractivity contribution < 1.29 is 0 Å². The molecule has 2 rings (SSSR count). The number of benzene rings is 2. The first-order valence-corrected chi connectivity index (χ1v) is 8.02. The Kier molecular flexibility index (Phi) is 5.34. The number of hydrogen-bond acceptors (Lipinski definition) is 2. The summed E-state index contributed by atoms with van der Waals surface area (Å²) in [5, 5.41) is 11.2. The molecule has 2 aromatic carbocycles. The monoisotopic (exact) mass is 332 g/mol. The van der Waals surface area contributed by atoms with Crippen molar-refractivity contribution in [2.24, 2.45) is 0 Å². The normalized spacial score (nSPS) is 13.4. The molecule has 0 aliphatic heterocycles. The van der Waals surface area contributed by atoms with Crippen LogP contribution in [-0.4, -0.2) is 0 Å². The van der Waals surface area contributed by atoms with Crippen LogP contribution in [0.2, 0.25) is 10.0 Å². The highest BCUT2D eigenvalue weighted by atomic mass is 35.5. The molecule has 0 amide bonds. The van der Waals surface area contributed by atoms with Crippen LogP contribution in [0.5, 0.6) is 0 Å². The van der Waals surface area contributed by atoms with Gasteiger partial charge in [-0.15, -0.1) is 0 Å². The Morgan fingerprint density at radius 3 is 2.36 bits per heavy atom. The molecule has 0 saturated carbocycles. The van der Waals surface area contributed by atoms with Gasteiger partial charge in [0.2, 0.25) is 0 Å². The minimum absolute atomic E-state index is 0.521. The van der Waals surface area contributed by atoms with Crippen LogP contribution in [0.4, 0.5) is 5.69 Å². The Balaban J connectivity index is 2.63. The number of nitrogens with zero attached hydrogens (tertiary/aromatic N) is 1. The molecular weight excluding hydrogens is 315 g/mol. The second-order valence-electron chi connectivity index (χ2n) is 5.37. The van der Waals surface area contributed by atoms with Gasteiger partial charge in [-0.05, 0) is 41.8 Å². The third kappa shape index (κ3) is 3.21. The van der Waals surface area contributed by atoms with Gasteiger partial charge in [0.15, 0.2) is 0 Å². The predicted molar refractivity (Wildman–Crippen MR) is 93.2 cm³/mol. The predicted octanol–water partition coefficient (Wildman–Crippen LogP) is 5.58. The first-order valence-electron chi connectivity index (χ1n) is 7.26. The summed E-state index contributed by atoms with van der Waals surface area (Å²) in [7, 11) is 0. The molecule has 2 N–H and O–H groups in total. The van der Waals surface area contributed by atoms with Crippen LogP contribution in [-0.2, 0) is 5.41 Å². The van der Waals surface area contributed by atoms with Gasteiger partial charge in [-0.2, -0.15) is 5.26 Å². The standard InChI is InChI=1S/C18H18Cl2N2/c1-2-3-10-18(12-21,13-4-6-14(19)7-5-13)16-9-8-15(22)11-17(16)20/h4-9,11H,2-3,10,22H2,1H3. The zero-order valence-electron chi connectivity index (χ0n) is 12.4. The number of nitrogen functional groups attached to an aromatic ring is 1. The first-order chi connectivity index (χ1) is 10.5. The zero-order valence-corrected chi connectivity index (χ0v) is 14.0. The van der Waals surface area contributed by atoms with Gasteiger partial charge in [0.05, 0.1) is 6.07 Å². The third-order valence-electron chi connectivity index (χ3n) is 3.89. The third-order valence-corrected chi connectivity index (χ3v) is 4.45. The summed E-state index contributed by atoms with van der Waals surface area (Å²) in [5.41, 5.74) is 7.29. The molecule has 2 aromatic rings. The van der Waals surface area contributed by atoms with Crippen molar-refractivity contribution in [3.8, 4) is 6.07 Å². The molecule has 0 aromatic heterocycles. The summed E-state index contributed by atoms with van der Waals surface area (Å²) in [6.45, 7) is 2.11. The van der Waals surface area contributed by atoms with Crippen LogP contribution in [0.3, 0.4) is 0 Å². The molecule has 0 radical (unpaired) electrons. The molecule has 0 saturated heterocycles. The van der Waals surface area contributed by atoms with Crippen LogP contribution in [0, 0.1) is 11.3 Å². The van der Waals surface area contributed by atoms with Gasteiger partial charge in [0.25, 0.3) is 0 Å². The Bertz CT molecular complexity index is 689. The Hall–Kier alpha value is -1.69. The van der Waals surface area contributed by atoms with Crippen molar-refractivity contribution in [2.75, 3.05) is 5.73 Å². The van der Waals surface area contributed by atoms with Crippen LogP contribution in [0.15, 0.2) is 42.5 Å². The maximum Gasteiger partial charge on any atom is 0.109 e. The smallest absolute Gasteiger partial charge is 0.109 e. The van der Waals surface area contributed by atoms with Crippen molar-refractivity contribution in [3.05, 3.63) is 63.6 Å². The number of rotatable bonds is 5. The molecule has 4 heteroatoms. The van der Waals surface area contributed by atoms with E-state index in [2.05, 4.69) is 13.0 Å². The summed E-state index contributed by atoms with van der Waals surface area (Å²) in [6.07, 6.45) is 2.63. The molecule has 0 fully saturated rings. The van der Waals surface area contributed by atoms with Gasteiger partial charge >= 0.3 is 0 Å². The van der Waals surface area contributed by atoms with E-state index in [4.69, 9.17) is 28.9 Å². The van der Waals surface area contributed by atoms with Crippen LogP contribution in [0.1, 0.15) is 37.3 Å². The molecule has 0 aliphatic carbocycles. The van der Waals surface area contributed by atoms with Crippen LogP contribution < -0.4 is 5.73 Å². The van der Waals surface area contributed by atoms with Crippen molar-refractivity contribution >= 4 is 28.9 Å². The summed E-state index contributed by atoms with van der Waals surface area (Å²) < 4.78 is 0. The van der Waals surface area contributed by atoms with E-state index in [0.29, 0.717) is 22.2 Å². The van der Waals surface area contributed by atoms with Crippen molar-refractivity contribution in [2.45, 2.75) is 31.6 Å². The lowest BCUT2D eigenvalue weighted by Gasteiger charge is -2.29. The van der Waals surface area contributed by atoms with Crippen molar-refractivity contribution in [1.29, 1.82) is 5.26 Å². The van der Waals surface area contributed by atoms with E-state index in [1.165, 1.54) is 0 Å². The SMILES string of the molecule is CCCCC(C#N)(c1ccc(Cl)cc1)c1ccc(N)cc1Cl. The Labute approximate surface area is 141 Å². The van der Waals surface area contributed by atoms with Gasteiger partial charge in [0, 0.05) is 15.7 Å². The largest absolute Gasteiger partial charge is 0.399 e. The van der Waals surface area contributed by atoms with Gasteiger partial charge in [-0.1, -0.05) is 61.2 Å². The topological polar surface area (TPSA) is 49.8 Å². The van der Waals surface area contributed by atoms with E-state index in [-0.39, 0.29) is 0 Å². The molecular formula is C18H18Cl2N2. The minimum atomic E-state index is -0.786. The number of nitrogens with two attached hydrogens (primary N) is 1. The average Bonchev–Trinajstić information content (AvgIpc) is 2.51. The maximum absolute atomic E-state index is 10.0. The lowest BCUT2D eigenvalue weighted by atomic mass is 9.72. The number of unbranched alkanes of at least 4 members (excludes halogenated alkanes) is 1. The van der Waals surface area contributed by atoms with E-state index >= 15 is 0 Å².